The van der Waals surface area contributed by atoms with Gasteiger partial charge < -0.3 is 5.32 Å². The molecule has 2 aromatic rings. The van der Waals surface area contributed by atoms with Crippen LogP contribution >= 0.6 is 11.6 Å². The van der Waals surface area contributed by atoms with Gasteiger partial charge in [-0.25, -0.2) is 8.42 Å². The Kier molecular flexibility index (Phi) is 5.99. The summed E-state index contributed by atoms with van der Waals surface area (Å²) >= 11 is 5.89. The Hall–Kier alpha value is -1.89. The van der Waals surface area contributed by atoms with Crippen LogP contribution in [0, 0.1) is 0 Å². The number of nitrogens with one attached hydrogen (secondary N) is 1. The van der Waals surface area contributed by atoms with Gasteiger partial charge in [-0.15, -0.1) is 0 Å². The number of hydrogen-bond acceptors (Lipinski definition) is 3. The highest BCUT2D eigenvalue weighted by Crippen LogP contribution is 2.19. The average Bonchev–Trinajstić information content (AvgIpc) is 2.56. The van der Waals surface area contributed by atoms with Crippen molar-refractivity contribution in [1.82, 2.24) is 4.31 Å². The second-order valence-corrected chi connectivity index (χ2v) is 7.46. The molecule has 0 atom stereocenters. The van der Waals surface area contributed by atoms with Gasteiger partial charge in [-0.1, -0.05) is 37.6 Å². The van der Waals surface area contributed by atoms with Gasteiger partial charge in [0.15, 0.2) is 0 Å². The SMILES string of the molecule is CCN(CC)S(=O)(=O)c1cccc(C(=O)Nc2cccc(Cl)c2)c1. The summed E-state index contributed by atoms with van der Waals surface area (Å²) < 4.78 is 26.4. The summed E-state index contributed by atoms with van der Waals surface area (Å²) in [5, 5.41) is 3.21. The lowest BCUT2D eigenvalue weighted by atomic mass is 10.2. The molecule has 1 N–H and O–H groups in total. The van der Waals surface area contributed by atoms with Crippen LogP contribution in [-0.4, -0.2) is 31.7 Å². The third kappa shape index (κ3) is 4.14. The fourth-order valence-corrected chi connectivity index (χ4v) is 3.97. The Morgan fingerprint density at radius 3 is 2.38 bits per heavy atom. The molecular weight excluding hydrogens is 348 g/mol. The number of sulfonamides is 1. The molecule has 0 aliphatic carbocycles. The predicted molar refractivity (Wildman–Crippen MR) is 96.0 cm³/mol. The van der Waals surface area contributed by atoms with Crippen LogP contribution in [0.4, 0.5) is 5.69 Å². The summed E-state index contributed by atoms with van der Waals surface area (Å²) in [7, 11) is -3.60. The number of anilines is 1. The van der Waals surface area contributed by atoms with Crippen LogP contribution in [0.25, 0.3) is 0 Å². The molecule has 0 saturated carbocycles. The van der Waals surface area contributed by atoms with Gasteiger partial charge in [0.05, 0.1) is 4.90 Å². The second kappa shape index (κ2) is 7.79. The van der Waals surface area contributed by atoms with Crippen molar-refractivity contribution in [3.8, 4) is 0 Å². The van der Waals surface area contributed by atoms with Gasteiger partial charge >= 0.3 is 0 Å². The minimum absolute atomic E-state index is 0.102. The summed E-state index contributed by atoms with van der Waals surface area (Å²) in [4.78, 5) is 12.5. The van der Waals surface area contributed by atoms with E-state index in [1.807, 2.05) is 0 Å². The minimum Gasteiger partial charge on any atom is -0.322 e. The number of nitrogens with zero attached hydrogens (tertiary/aromatic N) is 1. The second-order valence-electron chi connectivity index (χ2n) is 5.08. The Morgan fingerprint density at radius 2 is 1.75 bits per heavy atom. The van der Waals surface area contributed by atoms with E-state index in [4.69, 9.17) is 11.6 Å². The molecule has 0 heterocycles. The molecule has 7 heteroatoms. The quantitative estimate of drug-likeness (QED) is 0.849. The van der Waals surface area contributed by atoms with Gasteiger partial charge in [-0.2, -0.15) is 4.31 Å². The first-order valence-corrected chi connectivity index (χ1v) is 9.37. The van der Waals surface area contributed by atoms with Crippen molar-refractivity contribution in [2.75, 3.05) is 18.4 Å². The topological polar surface area (TPSA) is 66.5 Å². The van der Waals surface area contributed by atoms with Gasteiger partial charge in [-0.3, -0.25) is 4.79 Å². The van der Waals surface area contributed by atoms with E-state index in [0.717, 1.165) is 0 Å². The molecule has 0 radical (unpaired) electrons. The van der Waals surface area contributed by atoms with Crippen molar-refractivity contribution in [2.45, 2.75) is 18.7 Å². The molecule has 128 valence electrons. The molecule has 1 amide bonds. The van der Waals surface area contributed by atoms with Gasteiger partial charge in [0.2, 0.25) is 10.0 Å². The van der Waals surface area contributed by atoms with Gasteiger partial charge in [0, 0.05) is 29.4 Å². The molecule has 0 spiro atoms. The smallest absolute Gasteiger partial charge is 0.255 e. The number of amides is 1. The van der Waals surface area contributed by atoms with Crippen LogP contribution in [-0.2, 0) is 10.0 Å². The van der Waals surface area contributed by atoms with Crippen molar-refractivity contribution >= 4 is 33.2 Å². The lowest BCUT2D eigenvalue weighted by molar-refractivity contribution is 0.102. The number of carbonyl (C=O) groups is 1. The molecular formula is C17H19ClN2O3S. The lowest BCUT2D eigenvalue weighted by Gasteiger charge is -2.18. The molecule has 0 saturated heterocycles. The van der Waals surface area contributed by atoms with E-state index in [2.05, 4.69) is 5.32 Å². The van der Waals surface area contributed by atoms with Crippen LogP contribution in [0.5, 0.6) is 0 Å². The Morgan fingerprint density at radius 1 is 1.08 bits per heavy atom. The highest BCUT2D eigenvalue weighted by atomic mass is 35.5. The molecule has 0 unspecified atom stereocenters. The summed E-state index contributed by atoms with van der Waals surface area (Å²) in [6.45, 7) is 4.29. The molecule has 0 aliphatic rings. The standard InChI is InChI=1S/C17H19ClN2O3S/c1-3-20(4-2)24(22,23)16-10-5-7-13(11-16)17(21)19-15-9-6-8-14(18)12-15/h5-12H,3-4H2,1-2H3,(H,19,21). The van der Waals surface area contributed by atoms with Crippen LogP contribution in [0.3, 0.4) is 0 Å². The van der Waals surface area contributed by atoms with E-state index in [1.54, 1.807) is 50.2 Å². The van der Waals surface area contributed by atoms with E-state index in [1.165, 1.54) is 16.4 Å². The Bertz CT molecular complexity index is 833. The van der Waals surface area contributed by atoms with E-state index >= 15 is 0 Å². The zero-order valence-corrected chi connectivity index (χ0v) is 15.1. The first-order valence-electron chi connectivity index (χ1n) is 7.55. The largest absolute Gasteiger partial charge is 0.322 e. The highest BCUT2D eigenvalue weighted by Gasteiger charge is 2.22. The highest BCUT2D eigenvalue weighted by molar-refractivity contribution is 7.89. The zero-order valence-electron chi connectivity index (χ0n) is 13.5. The molecule has 0 aromatic heterocycles. The normalized spacial score (nSPS) is 11.5. The minimum atomic E-state index is -3.60. The molecule has 2 aromatic carbocycles. The fourth-order valence-electron chi connectivity index (χ4n) is 2.28. The summed E-state index contributed by atoms with van der Waals surface area (Å²) in [6, 6.07) is 12.8. The Labute approximate surface area is 147 Å². The van der Waals surface area contributed by atoms with Gasteiger partial charge in [-0.05, 0) is 36.4 Å². The number of carbonyl (C=O) groups excluding carboxylic acids is 1. The molecule has 0 aliphatic heterocycles. The number of hydrogen-bond donors (Lipinski definition) is 1. The van der Waals surface area contributed by atoms with Gasteiger partial charge in [0.25, 0.3) is 5.91 Å². The van der Waals surface area contributed by atoms with Crippen molar-refractivity contribution in [1.29, 1.82) is 0 Å². The molecule has 0 bridgehead atoms. The van der Waals surface area contributed by atoms with E-state index in [0.29, 0.717) is 23.8 Å². The molecule has 2 rings (SSSR count). The first-order chi connectivity index (χ1) is 11.4. The Balaban J connectivity index is 2.28. The zero-order chi connectivity index (χ0) is 17.7. The first kappa shape index (κ1) is 18.4. The van der Waals surface area contributed by atoms with Crippen LogP contribution < -0.4 is 5.32 Å². The number of rotatable bonds is 6. The predicted octanol–water partition coefficient (Wildman–Crippen LogP) is 3.62. The fraction of sp³-hybridized carbons (Fsp3) is 0.235. The van der Waals surface area contributed by atoms with Crippen LogP contribution in [0.2, 0.25) is 5.02 Å². The third-order valence-corrected chi connectivity index (χ3v) is 5.80. The van der Waals surface area contributed by atoms with Crippen molar-refractivity contribution in [3.63, 3.8) is 0 Å². The van der Waals surface area contributed by atoms with Crippen LogP contribution in [0.1, 0.15) is 24.2 Å². The van der Waals surface area contributed by atoms with Crippen LogP contribution in [0.15, 0.2) is 53.4 Å². The summed E-state index contributed by atoms with van der Waals surface area (Å²) in [5.74, 6) is -0.395. The monoisotopic (exact) mass is 366 g/mol. The summed E-state index contributed by atoms with van der Waals surface area (Å²) in [6.07, 6.45) is 0. The number of benzene rings is 2. The van der Waals surface area contributed by atoms with Crippen molar-refractivity contribution in [2.24, 2.45) is 0 Å². The molecule has 24 heavy (non-hydrogen) atoms. The average molecular weight is 367 g/mol. The van der Waals surface area contributed by atoms with Crippen molar-refractivity contribution in [3.05, 3.63) is 59.1 Å². The maximum Gasteiger partial charge on any atom is 0.255 e. The molecule has 5 nitrogen and oxygen atoms in total. The van der Waals surface area contributed by atoms with E-state index in [-0.39, 0.29) is 10.5 Å². The third-order valence-electron chi connectivity index (χ3n) is 3.52. The maximum atomic E-state index is 12.5. The lowest BCUT2D eigenvalue weighted by Crippen LogP contribution is -2.30. The van der Waals surface area contributed by atoms with Crippen molar-refractivity contribution < 1.29 is 13.2 Å². The molecule has 0 fully saturated rings. The van der Waals surface area contributed by atoms with Gasteiger partial charge in [0.1, 0.15) is 0 Å². The maximum absolute atomic E-state index is 12.5. The van der Waals surface area contributed by atoms with E-state index in [9.17, 15) is 13.2 Å². The summed E-state index contributed by atoms with van der Waals surface area (Å²) in [5.41, 5.74) is 0.813. The number of halogens is 1. The van der Waals surface area contributed by atoms with E-state index < -0.39 is 15.9 Å².